The number of hydrogen-bond donors (Lipinski definition) is 3. The normalized spacial score (nSPS) is 12.2. The molecule has 0 unspecified atom stereocenters. The van der Waals surface area contributed by atoms with Gasteiger partial charge in [0.25, 0.3) is 5.91 Å². The first-order valence-electron chi connectivity index (χ1n) is 4.46. The fourth-order valence-electron chi connectivity index (χ4n) is 1.02. The maximum atomic E-state index is 13.1. The van der Waals surface area contributed by atoms with Crippen molar-refractivity contribution < 1.29 is 19.4 Å². The fourth-order valence-corrected chi connectivity index (χ4v) is 1.02. The van der Waals surface area contributed by atoms with Crippen LogP contribution in [0.2, 0.25) is 0 Å². The van der Waals surface area contributed by atoms with E-state index in [1.165, 1.54) is 18.2 Å². The van der Waals surface area contributed by atoms with Gasteiger partial charge in [-0.2, -0.15) is 0 Å². The van der Waals surface area contributed by atoms with E-state index in [0.717, 1.165) is 0 Å². The maximum Gasteiger partial charge on any atom is 0.254 e. The molecule has 0 saturated heterocycles. The van der Waals surface area contributed by atoms with Gasteiger partial charge < -0.3 is 15.5 Å². The van der Waals surface area contributed by atoms with E-state index < -0.39 is 24.4 Å². The molecule has 15 heavy (non-hydrogen) atoms. The first kappa shape index (κ1) is 11.6. The number of nitrogens with one attached hydrogen (secondary N) is 1. The van der Waals surface area contributed by atoms with Crippen molar-refractivity contribution in [2.75, 3.05) is 13.2 Å². The molecule has 0 aliphatic rings. The van der Waals surface area contributed by atoms with Crippen molar-refractivity contribution in [3.63, 3.8) is 0 Å². The highest BCUT2D eigenvalue weighted by Gasteiger charge is 2.11. The topological polar surface area (TPSA) is 69.6 Å². The van der Waals surface area contributed by atoms with Gasteiger partial charge in [0, 0.05) is 6.54 Å². The van der Waals surface area contributed by atoms with E-state index in [9.17, 15) is 9.18 Å². The summed E-state index contributed by atoms with van der Waals surface area (Å²) in [5.41, 5.74) is -0.0809. The van der Waals surface area contributed by atoms with Crippen LogP contribution in [0.1, 0.15) is 10.4 Å². The van der Waals surface area contributed by atoms with E-state index in [0.29, 0.717) is 0 Å². The molecular weight excluding hydrogens is 201 g/mol. The summed E-state index contributed by atoms with van der Waals surface area (Å²) in [5.74, 6) is -1.23. The van der Waals surface area contributed by atoms with E-state index in [2.05, 4.69) is 5.32 Å². The number of amides is 1. The second-order valence-electron chi connectivity index (χ2n) is 3.03. The zero-order chi connectivity index (χ0) is 11.3. The quantitative estimate of drug-likeness (QED) is 0.654. The van der Waals surface area contributed by atoms with Crippen LogP contribution < -0.4 is 5.32 Å². The summed E-state index contributed by atoms with van der Waals surface area (Å²) in [4.78, 5) is 11.3. The van der Waals surface area contributed by atoms with Crippen LogP contribution in [0.4, 0.5) is 4.39 Å². The summed E-state index contributed by atoms with van der Waals surface area (Å²) < 4.78 is 13.1. The van der Waals surface area contributed by atoms with Crippen molar-refractivity contribution in [1.29, 1.82) is 0 Å². The Morgan fingerprint density at radius 1 is 1.47 bits per heavy atom. The van der Waals surface area contributed by atoms with Crippen LogP contribution in [-0.4, -0.2) is 35.4 Å². The molecular formula is C10H12FNO3. The number of carbonyl (C=O) groups excluding carboxylic acids is 1. The third-order valence-electron chi connectivity index (χ3n) is 1.83. The van der Waals surface area contributed by atoms with Gasteiger partial charge in [-0.25, -0.2) is 4.39 Å². The SMILES string of the molecule is O=C(NC[C@H](O)CO)c1ccccc1F. The van der Waals surface area contributed by atoms with Crippen LogP contribution in [0, 0.1) is 5.82 Å². The van der Waals surface area contributed by atoms with Crippen LogP contribution in [0.15, 0.2) is 24.3 Å². The van der Waals surface area contributed by atoms with Crippen molar-refractivity contribution in [3.05, 3.63) is 35.6 Å². The standard InChI is InChI=1S/C10H12FNO3/c11-9-4-2-1-3-8(9)10(15)12-5-7(14)6-13/h1-4,7,13-14H,5-6H2,(H,12,15)/t7-/m0/s1. The molecule has 0 bridgehead atoms. The number of aliphatic hydroxyl groups excluding tert-OH is 2. The highest BCUT2D eigenvalue weighted by Crippen LogP contribution is 2.05. The minimum atomic E-state index is -1.03. The van der Waals surface area contributed by atoms with Crippen LogP contribution in [0.25, 0.3) is 0 Å². The Hall–Kier alpha value is -1.46. The van der Waals surface area contributed by atoms with E-state index in [1.807, 2.05) is 0 Å². The summed E-state index contributed by atoms with van der Waals surface area (Å²) in [7, 11) is 0. The highest BCUT2D eigenvalue weighted by atomic mass is 19.1. The van der Waals surface area contributed by atoms with Gasteiger partial charge in [-0.15, -0.1) is 0 Å². The monoisotopic (exact) mass is 213 g/mol. The second-order valence-corrected chi connectivity index (χ2v) is 3.03. The summed E-state index contributed by atoms with van der Waals surface area (Å²) in [5, 5.41) is 19.8. The zero-order valence-corrected chi connectivity index (χ0v) is 7.98. The van der Waals surface area contributed by atoms with Gasteiger partial charge in [-0.3, -0.25) is 4.79 Å². The van der Waals surface area contributed by atoms with Crippen LogP contribution in [0.5, 0.6) is 0 Å². The van der Waals surface area contributed by atoms with Crippen molar-refractivity contribution >= 4 is 5.91 Å². The summed E-state index contributed by atoms with van der Waals surface area (Å²) in [6.07, 6.45) is -1.03. The summed E-state index contributed by atoms with van der Waals surface area (Å²) >= 11 is 0. The van der Waals surface area contributed by atoms with Crippen LogP contribution in [0.3, 0.4) is 0 Å². The largest absolute Gasteiger partial charge is 0.394 e. The van der Waals surface area contributed by atoms with Gasteiger partial charge >= 0.3 is 0 Å². The molecule has 1 aromatic rings. The molecule has 0 aliphatic heterocycles. The van der Waals surface area contributed by atoms with Gasteiger partial charge in [0.1, 0.15) is 5.82 Å². The van der Waals surface area contributed by atoms with Crippen LogP contribution in [-0.2, 0) is 0 Å². The van der Waals surface area contributed by atoms with Crippen molar-refractivity contribution in [3.8, 4) is 0 Å². The molecule has 1 rings (SSSR count). The Morgan fingerprint density at radius 2 is 2.13 bits per heavy atom. The number of aliphatic hydroxyl groups is 2. The summed E-state index contributed by atoms with van der Waals surface area (Å²) in [6.45, 7) is -0.554. The lowest BCUT2D eigenvalue weighted by atomic mass is 10.2. The smallest absolute Gasteiger partial charge is 0.254 e. The lowest BCUT2D eigenvalue weighted by Gasteiger charge is -2.09. The Bertz CT molecular complexity index is 343. The first-order chi connectivity index (χ1) is 7.15. The second kappa shape index (κ2) is 5.43. The van der Waals surface area contributed by atoms with Crippen molar-refractivity contribution in [2.45, 2.75) is 6.10 Å². The third kappa shape index (κ3) is 3.30. The van der Waals surface area contributed by atoms with Crippen LogP contribution >= 0.6 is 0 Å². The predicted octanol–water partition coefficient (Wildman–Crippen LogP) is -0.0913. The van der Waals surface area contributed by atoms with E-state index in [-0.39, 0.29) is 12.1 Å². The Morgan fingerprint density at radius 3 is 2.73 bits per heavy atom. The van der Waals surface area contributed by atoms with Gasteiger partial charge in [0.2, 0.25) is 0 Å². The van der Waals surface area contributed by atoms with E-state index in [1.54, 1.807) is 6.07 Å². The lowest BCUT2D eigenvalue weighted by molar-refractivity contribution is 0.0799. The number of rotatable bonds is 4. The molecule has 3 N–H and O–H groups in total. The van der Waals surface area contributed by atoms with Gasteiger partial charge in [-0.05, 0) is 12.1 Å². The molecule has 5 heteroatoms. The molecule has 1 aromatic carbocycles. The Balaban J connectivity index is 2.58. The molecule has 0 aromatic heterocycles. The third-order valence-corrected chi connectivity index (χ3v) is 1.83. The molecule has 1 atom stereocenters. The predicted molar refractivity (Wildman–Crippen MR) is 51.8 cm³/mol. The average Bonchev–Trinajstić information content (AvgIpc) is 2.26. The molecule has 82 valence electrons. The molecule has 0 saturated carbocycles. The molecule has 0 heterocycles. The molecule has 1 amide bonds. The first-order valence-corrected chi connectivity index (χ1v) is 4.46. The minimum absolute atomic E-state index is 0.0809. The maximum absolute atomic E-state index is 13.1. The molecule has 4 nitrogen and oxygen atoms in total. The fraction of sp³-hybridized carbons (Fsp3) is 0.300. The Kier molecular flexibility index (Phi) is 4.20. The van der Waals surface area contributed by atoms with Gasteiger partial charge in [-0.1, -0.05) is 12.1 Å². The number of benzene rings is 1. The highest BCUT2D eigenvalue weighted by molar-refractivity contribution is 5.94. The lowest BCUT2D eigenvalue weighted by Crippen LogP contribution is -2.34. The van der Waals surface area contributed by atoms with E-state index >= 15 is 0 Å². The zero-order valence-electron chi connectivity index (χ0n) is 7.98. The van der Waals surface area contributed by atoms with E-state index in [4.69, 9.17) is 10.2 Å². The van der Waals surface area contributed by atoms with Crippen molar-refractivity contribution in [1.82, 2.24) is 5.32 Å². The molecule has 0 spiro atoms. The minimum Gasteiger partial charge on any atom is -0.394 e. The van der Waals surface area contributed by atoms with Gasteiger partial charge in [0.05, 0.1) is 18.3 Å². The van der Waals surface area contributed by atoms with Gasteiger partial charge in [0.15, 0.2) is 0 Å². The molecule has 0 radical (unpaired) electrons. The van der Waals surface area contributed by atoms with Crippen molar-refractivity contribution in [2.24, 2.45) is 0 Å². The number of hydrogen-bond acceptors (Lipinski definition) is 3. The molecule has 0 aliphatic carbocycles. The number of carbonyl (C=O) groups is 1. The molecule has 0 fully saturated rings. The Labute approximate surface area is 86.4 Å². The number of halogens is 1. The summed E-state index contributed by atoms with van der Waals surface area (Å²) in [6, 6.07) is 5.54. The average molecular weight is 213 g/mol.